The van der Waals surface area contributed by atoms with Gasteiger partial charge in [-0.05, 0) is 37.1 Å². The molecule has 0 radical (unpaired) electrons. The molecule has 0 aliphatic carbocycles. The summed E-state index contributed by atoms with van der Waals surface area (Å²) in [5, 5.41) is 12.0. The summed E-state index contributed by atoms with van der Waals surface area (Å²) in [6.45, 7) is 2.11. The van der Waals surface area contributed by atoms with Crippen molar-refractivity contribution >= 4 is 33.6 Å². The minimum absolute atomic E-state index is 0.144. The van der Waals surface area contributed by atoms with Crippen molar-refractivity contribution in [2.24, 2.45) is 0 Å². The van der Waals surface area contributed by atoms with E-state index in [2.05, 4.69) is 15.8 Å². The smallest absolute Gasteiger partial charge is 0.279 e. The van der Waals surface area contributed by atoms with Crippen LogP contribution < -0.4 is 16.4 Å². The lowest BCUT2D eigenvalue weighted by molar-refractivity contribution is -0.121. The van der Waals surface area contributed by atoms with Crippen molar-refractivity contribution in [2.45, 2.75) is 26.3 Å². The second-order valence-corrected chi connectivity index (χ2v) is 7.15. The number of hydrogen-bond donors (Lipinski definition) is 4. The highest BCUT2D eigenvalue weighted by atomic mass is 16.3. The maximum atomic E-state index is 12.8. The summed E-state index contributed by atoms with van der Waals surface area (Å²) < 4.78 is 1.41. The van der Waals surface area contributed by atoms with Crippen molar-refractivity contribution in [2.75, 3.05) is 0 Å². The van der Waals surface area contributed by atoms with Crippen molar-refractivity contribution in [1.29, 1.82) is 0 Å². The van der Waals surface area contributed by atoms with Gasteiger partial charge in [0, 0.05) is 35.5 Å². The topological polar surface area (TPSA) is 116 Å². The molecular weight excluding hydrogens is 396 g/mol. The number of aromatic hydroxyl groups is 1. The van der Waals surface area contributed by atoms with Crippen LogP contribution in [0.2, 0.25) is 0 Å². The van der Waals surface area contributed by atoms with Crippen molar-refractivity contribution in [3.05, 3.63) is 76.2 Å². The van der Waals surface area contributed by atoms with Gasteiger partial charge in [-0.25, -0.2) is 0 Å². The van der Waals surface area contributed by atoms with Crippen LogP contribution in [0.25, 0.3) is 21.8 Å². The third-order valence-electron chi connectivity index (χ3n) is 5.30. The third-order valence-corrected chi connectivity index (χ3v) is 5.30. The number of rotatable bonds is 5. The van der Waals surface area contributed by atoms with Crippen LogP contribution in [0.15, 0.2) is 59.5 Å². The van der Waals surface area contributed by atoms with Gasteiger partial charge in [-0.2, -0.15) is 0 Å². The number of fused-ring (bicyclic) bond motifs is 2. The molecule has 2 aromatic heterocycles. The van der Waals surface area contributed by atoms with Gasteiger partial charge < -0.3 is 14.7 Å². The standard InChI is InChI=1S/C23H22N4O4/c1-2-27-18-10-6-4-8-16(18)21(29)20(23(27)31)22(30)26-25-19(28)12-11-14-13-24-17-9-5-3-7-15(14)17/h3-10,13,24,29H,2,11-12H2,1H3,(H,25,28)(H,26,30). The Morgan fingerprint density at radius 1 is 1.03 bits per heavy atom. The molecule has 158 valence electrons. The van der Waals surface area contributed by atoms with E-state index in [4.69, 9.17) is 0 Å². The average Bonchev–Trinajstić information content (AvgIpc) is 3.20. The molecule has 0 saturated heterocycles. The predicted octanol–water partition coefficient (Wildman–Crippen LogP) is 2.60. The molecule has 0 unspecified atom stereocenters. The van der Waals surface area contributed by atoms with Crippen LogP contribution >= 0.6 is 0 Å². The summed E-state index contributed by atoms with van der Waals surface area (Å²) in [6, 6.07) is 14.6. The van der Waals surface area contributed by atoms with E-state index in [0.29, 0.717) is 23.9 Å². The van der Waals surface area contributed by atoms with Gasteiger partial charge >= 0.3 is 0 Å². The van der Waals surface area contributed by atoms with Crippen LogP contribution in [0.3, 0.4) is 0 Å². The van der Waals surface area contributed by atoms with Gasteiger partial charge in [0.25, 0.3) is 11.5 Å². The molecule has 31 heavy (non-hydrogen) atoms. The Labute approximate surface area is 177 Å². The first-order chi connectivity index (χ1) is 15.0. The van der Waals surface area contributed by atoms with Gasteiger partial charge in [-0.15, -0.1) is 0 Å². The molecule has 0 saturated carbocycles. The summed E-state index contributed by atoms with van der Waals surface area (Å²) in [5.74, 6) is -1.68. The lowest BCUT2D eigenvalue weighted by atomic mass is 10.1. The summed E-state index contributed by atoms with van der Waals surface area (Å²) in [5.41, 5.74) is 6.06. The Balaban J connectivity index is 1.47. The Morgan fingerprint density at radius 2 is 1.74 bits per heavy atom. The van der Waals surface area contributed by atoms with Gasteiger partial charge in [0.05, 0.1) is 5.52 Å². The van der Waals surface area contributed by atoms with Crippen molar-refractivity contribution in [3.8, 4) is 5.75 Å². The van der Waals surface area contributed by atoms with Gasteiger partial charge in [0.1, 0.15) is 11.3 Å². The minimum Gasteiger partial charge on any atom is -0.506 e. The molecule has 4 N–H and O–H groups in total. The normalized spacial score (nSPS) is 11.0. The highest BCUT2D eigenvalue weighted by molar-refractivity contribution is 6.02. The molecule has 2 amide bonds. The van der Waals surface area contributed by atoms with E-state index in [1.165, 1.54) is 4.57 Å². The number of nitrogens with one attached hydrogen (secondary N) is 3. The van der Waals surface area contributed by atoms with Gasteiger partial charge in [-0.1, -0.05) is 30.3 Å². The number of hydrazine groups is 1. The van der Waals surface area contributed by atoms with Gasteiger partial charge in [0.15, 0.2) is 0 Å². The molecule has 0 aliphatic heterocycles. The number of carbonyl (C=O) groups excluding carboxylic acids is 2. The molecule has 2 aromatic carbocycles. The highest BCUT2D eigenvalue weighted by Crippen LogP contribution is 2.26. The largest absolute Gasteiger partial charge is 0.506 e. The molecule has 4 rings (SSSR count). The second-order valence-electron chi connectivity index (χ2n) is 7.15. The monoisotopic (exact) mass is 418 g/mol. The zero-order valence-corrected chi connectivity index (χ0v) is 16.9. The minimum atomic E-state index is -0.865. The molecule has 0 fully saturated rings. The maximum absolute atomic E-state index is 12.8. The number of carbonyl (C=O) groups is 2. The molecule has 0 bridgehead atoms. The summed E-state index contributed by atoms with van der Waals surface area (Å²) >= 11 is 0. The molecule has 0 spiro atoms. The predicted molar refractivity (Wildman–Crippen MR) is 118 cm³/mol. The van der Waals surface area contributed by atoms with E-state index in [0.717, 1.165) is 16.5 Å². The lowest BCUT2D eigenvalue weighted by Crippen LogP contribution is -2.44. The fourth-order valence-electron chi connectivity index (χ4n) is 3.75. The first-order valence-corrected chi connectivity index (χ1v) is 10.00. The molecule has 4 aromatic rings. The summed E-state index contributed by atoms with van der Waals surface area (Å²) in [4.78, 5) is 40.7. The number of nitrogens with zero attached hydrogens (tertiary/aromatic N) is 1. The fourth-order valence-corrected chi connectivity index (χ4v) is 3.75. The highest BCUT2D eigenvalue weighted by Gasteiger charge is 2.22. The number of hydrogen-bond acceptors (Lipinski definition) is 4. The van der Waals surface area contributed by atoms with Crippen molar-refractivity contribution in [3.63, 3.8) is 0 Å². The van der Waals surface area contributed by atoms with Gasteiger partial charge in [0.2, 0.25) is 5.91 Å². The number of pyridine rings is 1. The molecule has 0 aliphatic rings. The van der Waals surface area contributed by atoms with E-state index < -0.39 is 28.7 Å². The zero-order valence-electron chi connectivity index (χ0n) is 16.9. The summed E-state index contributed by atoms with van der Waals surface area (Å²) in [6.07, 6.45) is 2.48. The Kier molecular flexibility index (Phi) is 5.44. The van der Waals surface area contributed by atoms with E-state index in [9.17, 15) is 19.5 Å². The number of aromatic nitrogens is 2. The molecule has 0 atom stereocenters. The third kappa shape index (κ3) is 3.75. The number of benzene rings is 2. The number of amides is 2. The molecular formula is C23H22N4O4. The SMILES string of the molecule is CCn1c(=O)c(C(=O)NNC(=O)CCc2c[nH]c3ccccc23)c(O)c2ccccc21. The van der Waals surface area contributed by atoms with Crippen LogP contribution in [0.4, 0.5) is 0 Å². The molecule has 8 heteroatoms. The van der Waals surface area contributed by atoms with Gasteiger partial charge in [-0.3, -0.25) is 25.2 Å². The van der Waals surface area contributed by atoms with E-state index in [1.807, 2.05) is 30.5 Å². The fraction of sp³-hybridized carbons (Fsp3) is 0.174. The van der Waals surface area contributed by atoms with E-state index in [1.54, 1.807) is 31.2 Å². The lowest BCUT2D eigenvalue weighted by Gasteiger charge is -2.14. The molecule has 8 nitrogen and oxygen atoms in total. The first kappa shape index (κ1) is 20.2. The van der Waals surface area contributed by atoms with Crippen LogP contribution in [-0.4, -0.2) is 26.5 Å². The average molecular weight is 418 g/mol. The van der Waals surface area contributed by atoms with Crippen LogP contribution in [0.5, 0.6) is 5.75 Å². The zero-order chi connectivity index (χ0) is 22.0. The van der Waals surface area contributed by atoms with Crippen LogP contribution in [0, 0.1) is 0 Å². The van der Waals surface area contributed by atoms with Crippen molar-refractivity contribution < 1.29 is 14.7 Å². The van der Waals surface area contributed by atoms with Crippen LogP contribution in [-0.2, 0) is 17.8 Å². The number of aryl methyl sites for hydroxylation is 2. The quantitative estimate of drug-likeness (QED) is 0.373. The van der Waals surface area contributed by atoms with Crippen LogP contribution in [0.1, 0.15) is 29.3 Å². The first-order valence-electron chi connectivity index (χ1n) is 10.00. The maximum Gasteiger partial charge on any atom is 0.279 e. The van der Waals surface area contributed by atoms with Crippen molar-refractivity contribution in [1.82, 2.24) is 20.4 Å². The Hall–Kier alpha value is -4.07. The number of aromatic amines is 1. The Bertz CT molecular complexity index is 1350. The van der Waals surface area contributed by atoms with E-state index >= 15 is 0 Å². The second kappa shape index (κ2) is 8.35. The van der Waals surface area contributed by atoms with E-state index in [-0.39, 0.29) is 6.42 Å². The molecule has 2 heterocycles. The summed E-state index contributed by atoms with van der Waals surface area (Å²) in [7, 11) is 0. The Morgan fingerprint density at radius 3 is 2.52 bits per heavy atom. The number of H-pyrrole nitrogens is 1. The number of para-hydroxylation sites is 2.